The molecular formula is C15H31BN2O. The number of rotatable bonds is 12. The monoisotopic (exact) mass is 266 g/mol. The van der Waals surface area contributed by atoms with Crippen LogP contribution in [-0.2, 0) is 0 Å². The molecule has 1 N–H and O–H groups in total. The second kappa shape index (κ2) is 11.3. The number of unbranched alkanes of at least 4 members (excludes halogenated alkanes) is 7. The third-order valence-corrected chi connectivity index (χ3v) is 3.48. The van der Waals surface area contributed by atoms with Crippen LogP contribution in [0.1, 0.15) is 64.7 Å². The van der Waals surface area contributed by atoms with Gasteiger partial charge in [-0.05, 0) is 6.42 Å². The Morgan fingerprint density at radius 2 is 1.58 bits per heavy atom. The van der Waals surface area contributed by atoms with Crippen LogP contribution < -0.4 is 0 Å². The first-order valence-corrected chi connectivity index (χ1v) is 7.76. The maximum absolute atomic E-state index is 9.94. The summed E-state index contributed by atoms with van der Waals surface area (Å²) >= 11 is 0. The molecule has 19 heavy (non-hydrogen) atoms. The summed E-state index contributed by atoms with van der Waals surface area (Å²) in [6.07, 6.45) is 10.9. The van der Waals surface area contributed by atoms with Crippen molar-refractivity contribution in [1.82, 2.24) is 0 Å². The Balaban J connectivity index is 3.44. The van der Waals surface area contributed by atoms with Gasteiger partial charge < -0.3 is 9.50 Å². The minimum absolute atomic E-state index is 0.292. The summed E-state index contributed by atoms with van der Waals surface area (Å²) in [5, 5.41) is 18.6. The SMILES string of the molecule is CCCCCCCCCCC(O)C[N+](C)(C)[B-]C#N. The van der Waals surface area contributed by atoms with E-state index in [1.54, 1.807) is 7.41 Å². The Bertz CT molecular complexity index is 251. The molecule has 0 saturated carbocycles. The summed E-state index contributed by atoms with van der Waals surface area (Å²) < 4.78 is 0.467. The largest absolute Gasteiger partial charge is 0.550 e. The second-order valence-corrected chi connectivity index (χ2v) is 6.14. The summed E-state index contributed by atoms with van der Waals surface area (Å²) in [7, 11) is 5.46. The first-order valence-electron chi connectivity index (χ1n) is 7.76. The zero-order valence-electron chi connectivity index (χ0n) is 13.1. The van der Waals surface area contributed by atoms with Crippen molar-refractivity contribution in [3.63, 3.8) is 0 Å². The highest BCUT2D eigenvalue weighted by molar-refractivity contribution is 6.36. The smallest absolute Gasteiger partial charge is 0.126 e. The molecule has 0 spiro atoms. The van der Waals surface area contributed by atoms with Crippen LogP contribution in [-0.4, -0.2) is 43.7 Å². The van der Waals surface area contributed by atoms with Gasteiger partial charge in [0.25, 0.3) is 0 Å². The maximum atomic E-state index is 9.94. The molecule has 1 unspecified atom stereocenters. The van der Waals surface area contributed by atoms with Gasteiger partial charge in [0.05, 0.1) is 12.6 Å². The van der Waals surface area contributed by atoms with E-state index in [2.05, 4.69) is 12.9 Å². The van der Waals surface area contributed by atoms with Crippen LogP contribution in [0, 0.1) is 11.2 Å². The van der Waals surface area contributed by atoms with E-state index < -0.39 is 0 Å². The standard InChI is InChI=1S/C15H31BN2O/c1-4-5-6-7-8-9-10-11-12-15(19)13-18(2,3)16-14-17/h15,19H,4-13H2,1-3H3. The van der Waals surface area contributed by atoms with E-state index in [9.17, 15) is 5.11 Å². The Morgan fingerprint density at radius 1 is 1.05 bits per heavy atom. The number of hydrogen-bond acceptors (Lipinski definition) is 2. The third kappa shape index (κ3) is 12.3. The number of nitriles is 1. The fourth-order valence-corrected chi connectivity index (χ4v) is 2.36. The van der Waals surface area contributed by atoms with Crippen molar-refractivity contribution in [2.24, 2.45) is 0 Å². The fourth-order valence-electron chi connectivity index (χ4n) is 2.36. The van der Waals surface area contributed by atoms with Crippen LogP contribution in [0.15, 0.2) is 0 Å². The maximum Gasteiger partial charge on any atom is 0.126 e. The molecule has 4 heteroatoms. The Labute approximate surface area is 120 Å². The number of likely N-dealkylation sites (N-methyl/N-ethyl adjacent to an activating group) is 1. The molecule has 0 aromatic carbocycles. The normalized spacial score (nSPS) is 13.2. The zero-order chi connectivity index (χ0) is 14.6. The molecule has 0 saturated heterocycles. The summed E-state index contributed by atoms with van der Waals surface area (Å²) in [5.74, 6) is 2.05. The number of aliphatic hydroxyl groups excluding tert-OH is 1. The highest BCUT2D eigenvalue weighted by Crippen LogP contribution is 2.11. The van der Waals surface area contributed by atoms with Gasteiger partial charge >= 0.3 is 0 Å². The van der Waals surface area contributed by atoms with Crippen LogP contribution >= 0.6 is 0 Å². The zero-order valence-corrected chi connectivity index (χ0v) is 13.1. The lowest BCUT2D eigenvalue weighted by Gasteiger charge is -2.41. The van der Waals surface area contributed by atoms with Crippen molar-refractivity contribution in [1.29, 1.82) is 5.26 Å². The van der Waals surface area contributed by atoms with E-state index in [0.29, 0.717) is 10.9 Å². The summed E-state index contributed by atoms with van der Waals surface area (Å²) in [4.78, 5) is 0. The summed E-state index contributed by atoms with van der Waals surface area (Å²) in [6.45, 7) is 2.87. The van der Waals surface area contributed by atoms with Crippen molar-refractivity contribution >= 4 is 7.41 Å². The molecule has 0 aromatic heterocycles. The number of hydrogen-bond donors (Lipinski definition) is 1. The van der Waals surface area contributed by atoms with E-state index in [0.717, 1.165) is 12.8 Å². The summed E-state index contributed by atoms with van der Waals surface area (Å²) in [5.41, 5.74) is 0. The minimum atomic E-state index is -0.292. The van der Waals surface area contributed by atoms with Crippen LogP contribution in [0.3, 0.4) is 0 Å². The van der Waals surface area contributed by atoms with Gasteiger partial charge in [0.1, 0.15) is 7.41 Å². The molecule has 0 aliphatic heterocycles. The molecule has 0 aliphatic carbocycles. The molecular weight excluding hydrogens is 235 g/mol. The molecule has 110 valence electrons. The average molecular weight is 266 g/mol. The van der Waals surface area contributed by atoms with Gasteiger partial charge in [-0.25, -0.2) is 5.26 Å². The highest BCUT2D eigenvalue weighted by Gasteiger charge is 2.12. The third-order valence-electron chi connectivity index (χ3n) is 3.48. The van der Waals surface area contributed by atoms with Gasteiger partial charge in [-0.3, -0.25) is 0 Å². The Hall–Kier alpha value is -0.525. The molecule has 0 heterocycles. The van der Waals surface area contributed by atoms with Crippen molar-refractivity contribution in [3.8, 4) is 5.97 Å². The van der Waals surface area contributed by atoms with Gasteiger partial charge in [-0.2, -0.15) is 0 Å². The number of nitrogens with zero attached hydrogens (tertiary/aromatic N) is 2. The van der Waals surface area contributed by atoms with Crippen LogP contribution in [0.25, 0.3) is 0 Å². The van der Waals surface area contributed by atoms with Crippen molar-refractivity contribution in [2.45, 2.75) is 70.8 Å². The molecule has 3 nitrogen and oxygen atoms in total. The molecule has 0 aliphatic rings. The second-order valence-electron chi connectivity index (χ2n) is 6.14. The molecule has 0 amide bonds. The lowest BCUT2D eigenvalue weighted by Crippen LogP contribution is -2.47. The Morgan fingerprint density at radius 3 is 2.11 bits per heavy atom. The van der Waals surface area contributed by atoms with Gasteiger partial charge in [-0.15, -0.1) is 5.97 Å². The van der Waals surface area contributed by atoms with Crippen LogP contribution in [0.5, 0.6) is 0 Å². The van der Waals surface area contributed by atoms with E-state index in [4.69, 9.17) is 5.26 Å². The van der Waals surface area contributed by atoms with E-state index >= 15 is 0 Å². The van der Waals surface area contributed by atoms with Gasteiger partial charge in [0.15, 0.2) is 0 Å². The van der Waals surface area contributed by atoms with Gasteiger partial charge in [-0.1, -0.05) is 58.3 Å². The van der Waals surface area contributed by atoms with Crippen molar-refractivity contribution in [2.75, 3.05) is 20.6 Å². The molecule has 0 aromatic rings. The average Bonchev–Trinajstić information content (AvgIpc) is 2.31. The van der Waals surface area contributed by atoms with Crippen molar-refractivity contribution < 1.29 is 9.50 Å². The fraction of sp³-hybridized carbons (Fsp3) is 0.933. The topological polar surface area (TPSA) is 44.0 Å². The first-order chi connectivity index (χ1) is 9.02. The predicted molar refractivity (Wildman–Crippen MR) is 81.6 cm³/mol. The van der Waals surface area contributed by atoms with E-state index in [1.807, 2.05) is 14.1 Å². The predicted octanol–water partition coefficient (Wildman–Crippen LogP) is 3.05. The van der Waals surface area contributed by atoms with Crippen LogP contribution in [0.2, 0.25) is 0 Å². The molecule has 0 rings (SSSR count). The van der Waals surface area contributed by atoms with Gasteiger partial charge in [0, 0.05) is 14.1 Å². The van der Waals surface area contributed by atoms with E-state index in [1.165, 1.54) is 44.9 Å². The lowest BCUT2D eigenvalue weighted by atomic mass is 9.90. The highest BCUT2D eigenvalue weighted by atomic mass is 16.3. The molecule has 0 fully saturated rings. The quantitative estimate of drug-likeness (QED) is 0.436. The molecule has 0 bridgehead atoms. The van der Waals surface area contributed by atoms with Gasteiger partial charge in [0.2, 0.25) is 0 Å². The number of quaternary nitrogens is 1. The Kier molecular flexibility index (Phi) is 11.0. The molecule has 2 radical (unpaired) electrons. The lowest BCUT2D eigenvalue weighted by molar-refractivity contribution is -0.781. The van der Waals surface area contributed by atoms with Crippen LogP contribution in [0.4, 0.5) is 0 Å². The minimum Gasteiger partial charge on any atom is -0.550 e. The number of aliphatic hydroxyl groups is 1. The summed E-state index contributed by atoms with van der Waals surface area (Å²) in [6, 6.07) is 0. The van der Waals surface area contributed by atoms with Crippen molar-refractivity contribution in [3.05, 3.63) is 0 Å². The first kappa shape index (κ1) is 18.5. The van der Waals surface area contributed by atoms with E-state index in [-0.39, 0.29) is 6.10 Å². The molecule has 1 atom stereocenters.